The van der Waals surface area contributed by atoms with Gasteiger partial charge in [-0.1, -0.05) is 12.1 Å². The summed E-state index contributed by atoms with van der Waals surface area (Å²) < 4.78 is 101. The third-order valence-corrected chi connectivity index (χ3v) is 10.9. The van der Waals surface area contributed by atoms with E-state index in [1.54, 1.807) is 0 Å². The molecule has 0 radical (unpaired) electrons. The molecule has 0 saturated heterocycles. The molecule has 0 heterocycles. The van der Waals surface area contributed by atoms with Crippen molar-refractivity contribution in [2.75, 3.05) is 21.5 Å². The number of hydrogen-bond acceptors (Lipinski definition) is 14. The van der Waals surface area contributed by atoms with Crippen LogP contribution in [0.2, 0.25) is 0 Å². The van der Waals surface area contributed by atoms with Crippen LogP contribution in [-0.2, 0) is 30.4 Å². The molecular formula is C35H26N6O14S3. The van der Waals surface area contributed by atoms with Crippen molar-refractivity contribution >= 4 is 100 Å². The van der Waals surface area contributed by atoms with E-state index in [0.29, 0.717) is 0 Å². The van der Waals surface area contributed by atoms with Crippen molar-refractivity contribution in [2.24, 2.45) is 10.2 Å². The maximum absolute atomic E-state index is 13.4. The average molecular weight is 851 g/mol. The van der Waals surface area contributed by atoms with Crippen molar-refractivity contribution in [3.8, 4) is 0 Å². The molecular weight excluding hydrogens is 825 g/mol. The Kier molecular flexibility index (Phi) is 10.7. The third kappa shape index (κ3) is 8.58. The fourth-order valence-electron chi connectivity index (χ4n) is 5.65. The highest BCUT2D eigenvalue weighted by Gasteiger charge is 2.34. The van der Waals surface area contributed by atoms with Crippen molar-refractivity contribution in [1.29, 1.82) is 0 Å². The zero-order valence-corrected chi connectivity index (χ0v) is 31.6. The van der Waals surface area contributed by atoms with Crippen LogP contribution in [0.3, 0.4) is 0 Å². The lowest BCUT2D eigenvalue weighted by molar-refractivity contribution is 0.0697. The number of aryl methyl sites for hydroxylation is 1. The molecule has 0 fully saturated rings. The molecule has 20 nitrogen and oxygen atoms in total. The first-order chi connectivity index (χ1) is 27.1. The molecule has 0 unspecified atom stereocenters. The van der Waals surface area contributed by atoms with Crippen LogP contribution in [0.15, 0.2) is 104 Å². The van der Waals surface area contributed by atoms with Gasteiger partial charge in [0.25, 0.3) is 30.4 Å². The van der Waals surface area contributed by atoms with Crippen LogP contribution in [0, 0.1) is 6.92 Å². The second-order valence-electron chi connectivity index (χ2n) is 12.3. The first kappa shape index (κ1) is 40.8. The number of Topliss-reactive ketones (excluding diaryl/α,β-unsaturated/α-hetero) is 2. The molecule has 0 spiro atoms. The van der Waals surface area contributed by atoms with Crippen molar-refractivity contribution in [3.63, 3.8) is 0 Å². The maximum Gasteiger partial charge on any atom is 0.337 e. The van der Waals surface area contributed by atoms with Crippen LogP contribution in [0.4, 0.5) is 27.5 Å². The Bertz CT molecular complexity index is 2970. The Morgan fingerprint density at radius 2 is 1.09 bits per heavy atom. The Labute approximate surface area is 327 Å². The Morgan fingerprint density at radius 3 is 1.53 bits per heavy atom. The van der Waals surface area contributed by atoms with Crippen LogP contribution in [0.25, 0.3) is 12.2 Å². The summed E-state index contributed by atoms with van der Waals surface area (Å²) in [5, 5.41) is 22.0. The van der Waals surface area contributed by atoms with Crippen LogP contribution in [0.1, 0.15) is 47.8 Å². The van der Waals surface area contributed by atoms with Crippen LogP contribution in [0.5, 0.6) is 0 Å². The summed E-state index contributed by atoms with van der Waals surface area (Å²) in [6, 6.07) is 15.4. The van der Waals surface area contributed by atoms with Crippen molar-refractivity contribution in [3.05, 3.63) is 122 Å². The smallest absolute Gasteiger partial charge is 0.337 e. The first-order valence-electron chi connectivity index (χ1n) is 16.0. The van der Waals surface area contributed by atoms with Gasteiger partial charge in [-0.05, 0) is 102 Å². The number of allylic oxidation sites excluding steroid dienone is 2. The SMILES string of the molecule is Cc1cc(S(=O)(=O)O)ccc1N/N=C1\C(=O)c2ccc(NC(=O)Nc3ccc4c(c3)C=C(S(=O)(=O)O)/C(=N\Nc3ccccc3C(=O)O)C4=O)cc2C=C1S(=O)(=O)O. The molecule has 2 aliphatic carbocycles. The quantitative estimate of drug-likeness (QED) is 0.0811. The van der Waals surface area contributed by atoms with Gasteiger partial charge in [-0.3, -0.25) is 34.1 Å². The molecule has 0 saturated carbocycles. The molecule has 0 aromatic heterocycles. The normalized spacial score (nSPS) is 15.5. The van der Waals surface area contributed by atoms with E-state index in [2.05, 4.69) is 31.7 Å². The van der Waals surface area contributed by atoms with Crippen LogP contribution < -0.4 is 21.5 Å². The summed E-state index contributed by atoms with van der Waals surface area (Å²) in [4.78, 5) is 49.1. The monoisotopic (exact) mass is 850 g/mol. The van der Waals surface area contributed by atoms with Crippen molar-refractivity contribution in [1.82, 2.24) is 0 Å². The molecule has 4 aromatic carbocycles. The highest BCUT2D eigenvalue weighted by atomic mass is 32.2. The molecule has 0 aliphatic heterocycles. The van der Waals surface area contributed by atoms with Gasteiger partial charge in [0.2, 0.25) is 11.6 Å². The highest BCUT2D eigenvalue weighted by molar-refractivity contribution is 7.91. The minimum absolute atomic E-state index is 0.0294. The number of ketones is 2. The van der Waals surface area contributed by atoms with Gasteiger partial charge in [-0.2, -0.15) is 35.5 Å². The minimum atomic E-state index is -5.08. The number of urea groups is 1. The Morgan fingerprint density at radius 1 is 0.603 bits per heavy atom. The lowest BCUT2D eigenvalue weighted by Gasteiger charge is -2.18. The molecule has 2 amide bonds. The van der Waals surface area contributed by atoms with Gasteiger partial charge in [0.05, 0.1) is 21.8 Å². The lowest BCUT2D eigenvalue weighted by atomic mass is 9.94. The zero-order chi connectivity index (χ0) is 42.3. The van der Waals surface area contributed by atoms with E-state index < -0.39 is 80.1 Å². The van der Waals surface area contributed by atoms with Gasteiger partial charge in [-0.25, -0.2) is 9.59 Å². The van der Waals surface area contributed by atoms with Crippen LogP contribution >= 0.6 is 0 Å². The van der Waals surface area contributed by atoms with E-state index in [1.165, 1.54) is 73.7 Å². The fraction of sp³-hybridized carbons (Fsp3) is 0.0286. The van der Waals surface area contributed by atoms with E-state index in [1.807, 2.05) is 0 Å². The maximum atomic E-state index is 13.4. The molecule has 8 N–H and O–H groups in total. The van der Waals surface area contributed by atoms with Gasteiger partial charge >= 0.3 is 12.0 Å². The van der Waals surface area contributed by atoms with Crippen molar-refractivity contribution < 1.29 is 63.2 Å². The predicted molar refractivity (Wildman–Crippen MR) is 210 cm³/mol. The minimum Gasteiger partial charge on any atom is -0.478 e. The van der Waals surface area contributed by atoms with Gasteiger partial charge in [0.1, 0.15) is 9.81 Å². The lowest BCUT2D eigenvalue weighted by Crippen LogP contribution is -2.28. The second-order valence-corrected chi connectivity index (χ2v) is 16.5. The number of carbonyl (C=O) groups excluding carboxylic acids is 3. The van der Waals surface area contributed by atoms with Gasteiger partial charge in [0, 0.05) is 22.5 Å². The summed E-state index contributed by atoms with van der Waals surface area (Å²) in [6.45, 7) is 1.45. The van der Waals surface area contributed by atoms with Crippen LogP contribution in [-0.4, -0.2) is 79.0 Å². The first-order valence-corrected chi connectivity index (χ1v) is 20.4. The van der Waals surface area contributed by atoms with E-state index in [0.717, 1.165) is 24.3 Å². The molecule has 58 heavy (non-hydrogen) atoms. The highest BCUT2D eigenvalue weighted by Crippen LogP contribution is 2.31. The number of rotatable bonds is 10. The van der Waals surface area contributed by atoms with E-state index in [9.17, 15) is 63.2 Å². The molecule has 6 rings (SSSR count). The number of hydrazone groups is 2. The van der Waals surface area contributed by atoms with E-state index in [4.69, 9.17) is 0 Å². The number of carboxylic acids is 1. The topological polar surface area (TPSA) is 324 Å². The summed E-state index contributed by atoms with van der Waals surface area (Å²) >= 11 is 0. The number of carboxylic acid groups (broad SMARTS) is 1. The number of anilines is 4. The van der Waals surface area contributed by atoms with E-state index >= 15 is 0 Å². The molecule has 4 aromatic rings. The third-order valence-electron chi connectivity index (χ3n) is 8.36. The number of nitrogens with zero attached hydrogens (tertiary/aromatic N) is 2. The largest absolute Gasteiger partial charge is 0.478 e. The Balaban J connectivity index is 1.22. The Hall–Kier alpha value is -6.89. The summed E-state index contributed by atoms with van der Waals surface area (Å²) in [5.41, 5.74) is 3.20. The standard InChI is InChI=1S/C35H26N6O14S3/c1-17-12-22(56(47,48)49)8-11-26(17)38-40-30-28(57(50,51)52)15-18-13-20(6-9-23(18)32(30)42)36-35(46)37-21-7-10-24-19(14-21)16-29(58(53,54)55)31(33(24)43)41-39-27-5-3-2-4-25(27)34(44)45/h2-16,38-39H,1H3,(H,44,45)(H2,36,37,46)(H,47,48,49)(H,50,51,52)(H,53,54,55)/b40-30-,41-31+. The fourth-order valence-corrected chi connectivity index (χ4v) is 7.53. The number of carbonyl (C=O) groups is 4. The van der Waals surface area contributed by atoms with Gasteiger partial charge in [0.15, 0.2) is 11.4 Å². The molecule has 23 heteroatoms. The van der Waals surface area contributed by atoms with Gasteiger partial charge < -0.3 is 15.7 Å². The summed E-state index contributed by atoms with van der Waals surface area (Å²) in [6.07, 6.45) is 1.85. The molecule has 2 aliphatic rings. The average Bonchev–Trinajstić information content (AvgIpc) is 3.13. The van der Waals surface area contributed by atoms with Crippen molar-refractivity contribution in [2.45, 2.75) is 11.8 Å². The molecule has 298 valence electrons. The number of para-hydroxylation sites is 1. The second kappa shape index (κ2) is 15.2. The number of amides is 2. The molecule has 0 atom stereocenters. The summed E-state index contributed by atoms with van der Waals surface area (Å²) in [5.74, 6) is -3.24. The van der Waals surface area contributed by atoms with E-state index in [-0.39, 0.29) is 56.1 Å². The number of hydrogen-bond donors (Lipinski definition) is 8. The molecule has 0 bridgehead atoms. The summed E-state index contributed by atoms with van der Waals surface area (Å²) in [7, 11) is -14.7. The van der Waals surface area contributed by atoms with Gasteiger partial charge in [-0.15, -0.1) is 0 Å². The number of aromatic carboxylic acids is 1. The number of benzene rings is 4. The number of fused-ring (bicyclic) bond motifs is 2. The predicted octanol–water partition coefficient (Wildman–Crippen LogP) is 4.37. The zero-order valence-electron chi connectivity index (χ0n) is 29.2. The number of nitrogens with one attached hydrogen (secondary N) is 4.